The summed E-state index contributed by atoms with van der Waals surface area (Å²) in [6, 6.07) is 2.29. The number of hydrogen-bond donors (Lipinski definition) is 1. The van der Waals surface area contributed by atoms with Crippen molar-refractivity contribution < 1.29 is 29.1 Å². The van der Waals surface area contributed by atoms with Crippen LogP contribution in [0, 0.1) is 0 Å². The molecule has 1 aromatic rings. The number of aliphatic hydroxyl groups excluding tert-OH is 1. The van der Waals surface area contributed by atoms with Crippen LogP contribution in [-0.4, -0.2) is 84.1 Å². The zero-order chi connectivity index (χ0) is 18.9. The van der Waals surface area contributed by atoms with Crippen LogP contribution < -0.4 is 0 Å². The van der Waals surface area contributed by atoms with Crippen molar-refractivity contribution in [2.45, 2.75) is 0 Å². The smallest absolute Gasteiger partial charge is 0.263 e. The molecule has 0 saturated heterocycles. The Kier molecular flexibility index (Phi) is 4.98. The van der Waals surface area contributed by atoms with Gasteiger partial charge in [0.2, 0.25) is 5.91 Å². The maximum absolute atomic E-state index is 12.6. The number of fused-ring (bicyclic) bond motifs is 1. The number of aliphatic hydroxyl groups is 1. The number of hydrogen-bond acceptors (Lipinski definition) is 6. The number of aldehydes is 1. The van der Waals surface area contributed by atoms with E-state index in [4.69, 9.17) is 5.11 Å². The Hall–Kier alpha value is -3.07. The van der Waals surface area contributed by atoms with Gasteiger partial charge in [-0.05, 0) is 12.1 Å². The van der Waals surface area contributed by atoms with Crippen LogP contribution in [0.4, 0.5) is 0 Å². The summed E-state index contributed by atoms with van der Waals surface area (Å²) in [5, 5.41) is 9.12. The van der Waals surface area contributed by atoms with Crippen molar-refractivity contribution >= 4 is 29.9 Å². The van der Waals surface area contributed by atoms with E-state index in [-0.39, 0.29) is 34.7 Å². The molecular weight excluding hydrogens is 330 g/mol. The zero-order valence-electron chi connectivity index (χ0n) is 14.0. The topological polar surface area (TPSA) is 115 Å². The number of nitrogens with zero attached hydrogens (tertiary/aromatic N) is 3. The third kappa shape index (κ3) is 3.13. The second kappa shape index (κ2) is 6.81. The van der Waals surface area contributed by atoms with Gasteiger partial charge in [-0.25, -0.2) is 0 Å². The lowest BCUT2D eigenvalue weighted by molar-refractivity contribution is -0.129. The largest absolute Gasteiger partial charge is 0.376 e. The molecule has 0 unspecified atom stereocenters. The minimum atomic E-state index is -0.802. The number of imide groups is 1. The van der Waals surface area contributed by atoms with Gasteiger partial charge in [0.15, 0.2) is 6.29 Å². The summed E-state index contributed by atoms with van der Waals surface area (Å²) >= 11 is 0. The fraction of sp³-hybridized carbons (Fsp3) is 0.312. The van der Waals surface area contributed by atoms with Gasteiger partial charge < -0.3 is 14.9 Å². The lowest BCUT2D eigenvalue weighted by atomic mass is 9.99. The molecule has 0 saturated carbocycles. The molecule has 0 spiro atoms. The van der Waals surface area contributed by atoms with Crippen LogP contribution in [-0.2, 0) is 4.79 Å². The number of likely N-dealkylation sites (N-methyl/N-ethyl adjacent to an activating group) is 2. The van der Waals surface area contributed by atoms with Gasteiger partial charge in [0, 0.05) is 26.7 Å². The first-order chi connectivity index (χ1) is 11.7. The quantitative estimate of drug-likeness (QED) is 0.551. The molecule has 2 rings (SSSR count). The van der Waals surface area contributed by atoms with Crippen LogP contribution in [0.1, 0.15) is 41.4 Å². The zero-order valence-corrected chi connectivity index (χ0v) is 14.0. The number of carbonyl (C=O) groups is 5. The Morgan fingerprint density at radius 1 is 1.12 bits per heavy atom. The van der Waals surface area contributed by atoms with Crippen LogP contribution in [0.2, 0.25) is 0 Å². The first-order valence-electron chi connectivity index (χ1n) is 7.28. The van der Waals surface area contributed by atoms with Crippen LogP contribution in [0.5, 0.6) is 0 Å². The van der Waals surface area contributed by atoms with Crippen molar-refractivity contribution in [3.8, 4) is 0 Å². The average Bonchev–Trinajstić information content (AvgIpc) is 2.82. The van der Waals surface area contributed by atoms with Gasteiger partial charge in [-0.2, -0.15) is 0 Å². The van der Waals surface area contributed by atoms with E-state index in [2.05, 4.69) is 0 Å². The lowest BCUT2D eigenvalue weighted by Gasteiger charge is -2.20. The number of amides is 4. The van der Waals surface area contributed by atoms with Crippen LogP contribution >= 0.6 is 0 Å². The highest BCUT2D eigenvalue weighted by Crippen LogP contribution is 2.26. The van der Waals surface area contributed by atoms with Crippen molar-refractivity contribution in [2.24, 2.45) is 0 Å². The van der Waals surface area contributed by atoms with Crippen LogP contribution in [0.25, 0.3) is 0 Å². The summed E-state index contributed by atoms with van der Waals surface area (Å²) in [5.41, 5.74) is -0.289. The number of carbonyl (C=O) groups excluding carboxylic acids is 5. The summed E-state index contributed by atoms with van der Waals surface area (Å²) in [6.45, 7) is -1.01. The average molecular weight is 347 g/mol. The molecule has 132 valence electrons. The van der Waals surface area contributed by atoms with E-state index in [0.717, 1.165) is 17.0 Å². The predicted octanol–water partition coefficient (Wildman–Crippen LogP) is -0.795. The van der Waals surface area contributed by atoms with E-state index >= 15 is 0 Å². The molecule has 0 fully saturated rings. The molecule has 1 heterocycles. The SMILES string of the molecule is CN(C)C(=O)CN(C)C(=O)c1cc2c(cc1C=O)C(=O)N(CO)C2=O. The molecule has 9 heteroatoms. The second-order valence-electron chi connectivity index (χ2n) is 5.73. The molecule has 1 aliphatic heterocycles. The number of benzene rings is 1. The molecule has 1 N–H and O–H groups in total. The molecule has 9 nitrogen and oxygen atoms in total. The van der Waals surface area contributed by atoms with Crippen molar-refractivity contribution in [3.05, 3.63) is 34.4 Å². The van der Waals surface area contributed by atoms with Gasteiger partial charge in [-0.3, -0.25) is 28.9 Å². The highest BCUT2D eigenvalue weighted by Gasteiger charge is 2.37. The number of rotatable bonds is 5. The summed E-state index contributed by atoms with van der Waals surface area (Å²) in [5.74, 6) is -2.44. The van der Waals surface area contributed by atoms with Crippen LogP contribution in [0.15, 0.2) is 12.1 Å². The van der Waals surface area contributed by atoms with Gasteiger partial charge in [0.25, 0.3) is 17.7 Å². The van der Waals surface area contributed by atoms with E-state index in [1.807, 2.05) is 0 Å². The van der Waals surface area contributed by atoms with E-state index in [1.165, 1.54) is 11.9 Å². The van der Waals surface area contributed by atoms with E-state index in [0.29, 0.717) is 11.2 Å². The monoisotopic (exact) mass is 347 g/mol. The summed E-state index contributed by atoms with van der Waals surface area (Å²) in [4.78, 5) is 62.8. The van der Waals surface area contributed by atoms with E-state index in [9.17, 15) is 24.0 Å². The Balaban J connectivity index is 2.43. The minimum Gasteiger partial charge on any atom is -0.376 e. The molecule has 1 aromatic carbocycles. The molecule has 25 heavy (non-hydrogen) atoms. The van der Waals surface area contributed by atoms with E-state index in [1.54, 1.807) is 14.1 Å². The third-order valence-electron chi connectivity index (χ3n) is 3.86. The van der Waals surface area contributed by atoms with Gasteiger partial charge in [0.05, 0.1) is 23.2 Å². The summed E-state index contributed by atoms with van der Waals surface area (Å²) < 4.78 is 0. The summed E-state index contributed by atoms with van der Waals surface area (Å²) in [6.07, 6.45) is 0.397. The highest BCUT2D eigenvalue weighted by atomic mass is 16.3. The van der Waals surface area contributed by atoms with Crippen molar-refractivity contribution in [1.29, 1.82) is 0 Å². The Morgan fingerprint density at radius 3 is 2.16 bits per heavy atom. The lowest BCUT2D eigenvalue weighted by Crippen LogP contribution is -2.38. The second-order valence-corrected chi connectivity index (χ2v) is 5.73. The first-order valence-corrected chi connectivity index (χ1v) is 7.28. The molecule has 0 bridgehead atoms. The maximum atomic E-state index is 12.6. The van der Waals surface area contributed by atoms with Crippen molar-refractivity contribution in [3.63, 3.8) is 0 Å². The molecule has 4 amide bonds. The Labute approximate surface area is 143 Å². The highest BCUT2D eigenvalue weighted by molar-refractivity contribution is 6.22. The molecule has 0 atom stereocenters. The van der Waals surface area contributed by atoms with Gasteiger partial charge in [0.1, 0.15) is 6.73 Å². The molecule has 1 aliphatic rings. The van der Waals surface area contributed by atoms with Gasteiger partial charge >= 0.3 is 0 Å². The van der Waals surface area contributed by atoms with Crippen molar-refractivity contribution in [1.82, 2.24) is 14.7 Å². The Bertz CT molecular complexity index is 786. The maximum Gasteiger partial charge on any atom is 0.263 e. The molecule has 0 aromatic heterocycles. The van der Waals surface area contributed by atoms with Crippen molar-refractivity contribution in [2.75, 3.05) is 34.4 Å². The fourth-order valence-corrected chi connectivity index (χ4v) is 2.39. The summed E-state index contributed by atoms with van der Waals surface area (Å²) in [7, 11) is 4.47. The normalized spacial score (nSPS) is 12.9. The van der Waals surface area contributed by atoms with Crippen LogP contribution in [0.3, 0.4) is 0 Å². The first kappa shape index (κ1) is 18.3. The molecular formula is C16H17N3O6. The third-order valence-corrected chi connectivity index (χ3v) is 3.86. The minimum absolute atomic E-state index is 0.0512. The fourth-order valence-electron chi connectivity index (χ4n) is 2.39. The Morgan fingerprint density at radius 2 is 1.68 bits per heavy atom. The van der Waals surface area contributed by atoms with Gasteiger partial charge in [-0.1, -0.05) is 0 Å². The van der Waals surface area contributed by atoms with Gasteiger partial charge in [-0.15, -0.1) is 0 Å². The molecule has 0 aliphatic carbocycles. The standard InChI is InChI=1S/C16H17N3O6/c1-17(2)13(22)6-18(3)14(23)10-5-12-11(4-9(10)7-20)15(24)19(8-21)16(12)25/h4-5,7,21H,6,8H2,1-3H3. The van der Waals surface area contributed by atoms with E-state index < -0.39 is 24.5 Å². The predicted molar refractivity (Wildman–Crippen MR) is 85.1 cm³/mol. The molecule has 0 radical (unpaired) electrons.